The fourth-order valence-electron chi connectivity index (χ4n) is 1.66. The fraction of sp³-hybridized carbons (Fsp3) is 0.0769. The summed E-state index contributed by atoms with van der Waals surface area (Å²) in [5.41, 5.74) is 0.0539. The molecule has 2 aromatic carbocycles. The summed E-state index contributed by atoms with van der Waals surface area (Å²) in [4.78, 5) is 0. The Morgan fingerprint density at radius 3 is 2.37 bits per heavy atom. The molecule has 0 radical (unpaired) electrons. The molecule has 0 aliphatic carbocycles. The summed E-state index contributed by atoms with van der Waals surface area (Å²) in [5, 5.41) is 0.277. The van der Waals surface area contributed by atoms with Gasteiger partial charge in [-0.1, -0.05) is 41.4 Å². The highest BCUT2D eigenvalue weighted by Crippen LogP contribution is 2.40. The number of alkyl halides is 2. The monoisotopic (exact) mass is 306 g/mol. The van der Waals surface area contributed by atoms with Gasteiger partial charge in [0.2, 0.25) is 0 Å². The van der Waals surface area contributed by atoms with E-state index < -0.39 is 12.4 Å². The second-order valence-electron chi connectivity index (χ2n) is 3.59. The molecule has 2 rings (SSSR count). The normalized spacial score (nSPS) is 10.8. The van der Waals surface area contributed by atoms with Crippen molar-refractivity contribution in [2.45, 2.75) is 6.61 Å². The zero-order valence-electron chi connectivity index (χ0n) is 9.34. The Morgan fingerprint density at radius 2 is 1.68 bits per heavy atom. The molecule has 0 aliphatic rings. The van der Waals surface area contributed by atoms with E-state index in [1.165, 1.54) is 24.3 Å². The van der Waals surface area contributed by atoms with Gasteiger partial charge in [-0.05, 0) is 18.2 Å². The van der Waals surface area contributed by atoms with Gasteiger partial charge in [0.1, 0.15) is 11.6 Å². The number of benzene rings is 2. The van der Waals surface area contributed by atoms with Crippen LogP contribution in [0.1, 0.15) is 0 Å². The smallest absolute Gasteiger partial charge is 0.387 e. The highest BCUT2D eigenvalue weighted by Gasteiger charge is 2.18. The van der Waals surface area contributed by atoms with E-state index in [9.17, 15) is 13.2 Å². The largest absolute Gasteiger partial charge is 0.434 e. The molecule has 0 amide bonds. The lowest BCUT2D eigenvalue weighted by atomic mass is 10.0. The van der Waals surface area contributed by atoms with E-state index in [4.69, 9.17) is 23.2 Å². The zero-order valence-corrected chi connectivity index (χ0v) is 10.9. The van der Waals surface area contributed by atoms with Crippen molar-refractivity contribution in [3.63, 3.8) is 0 Å². The molecule has 0 saturated carbocycles. The average molecular weight is 307 g/mol. The maximum absolute atomic E-state index is 13.9. The number of halogens is 5. The first-order valence-corrected chi connectivity index (χ1v) is 5.94. The van der Waals surface area contributed by atoms with E-state index in [0.29, 0.717) is 0 Å². The van der Waals surface area contributed by atoms with Crippen LogP contribution in [0.2, 0.25) is 10.0 Å². The van der Waals surface area contributed by atoms with Crippen LogP contribution < -0.4 is 4.74 Å². The Balaban J connectivity index is 2.63. The number of ether oxygens (including phenoxy) is 1. The van der Waals surface area contributed by atoms with Crippen molar-refractivity contribution < 1.29 is 17.9 Å². The van der Waals surface area contributed by atoms with Gasteiger partial charge >= 0.3 is 6.61 Å². The van der Waals surface area contributed by atoms with Gasteiger partial charge in [0.15, 0.2) is 0 Å². The minimum Gasteiger partial charge on any atom is -0.434 e. The molecule has 0 bridgehead atoms. The summed E-state index contributed by atoms with van der Waals surface area (Å²) in [7, 11) is 0. The third-order valence-corrected chi connectivity index (χ3v) is 3.23. The first-order chi connectivity index (χ1) is 9.00. The van der Waals surface area contributed by atoms with E-state index in [0.717, 1.165) is 6.07 Å². The summed E-state index contributed by atoms with van der Waals surface area (Å²) in [6.07, 6.45) is 0. The van der Waals surface area contributed by atoms with Gasteiger partial charge in [-0.3, -0.25) is 0 Å². The first kappa shape index (κ1) is 14.0. The Labute approximate surface area is 117 Å². The van der Waals surface area contributed by atoms with Crippen LogP contribution in [0.3, 0.4) is 0 Å². The molecule has 0 aliphatic heterocycles. The molecule has 0 spiro atoms. The molecule has 19 heavy (non-hydrogen) atoms. The van der Waals surface area contributed by atoms with Gasteiger partial charge in [-0.15, -0.1) is 0 Å². The maximum atomic E-state index is 13.9. The average Bonchev–Trinajstić information content (AvgIpc) is 2.33. The molecular formula is C13H7Cl2F3O. The summed E-state index contributed by atoms with van der Waals surface area (Å²) >= 11 is 11.8. The summed E-state index contributed by atoms with van der Waals surface area (Å²) in [5.74, 6) is -1.01. The minimum absolute atomic E-state index is 0.0772. The van der Waals surface area contributed by atoms with Crippen LogP contribution in [-0.2, 0) is 0 Å². The molecule has 0 N–H and O–H groups in total. The van der Waals surface area contributed by atoms with Crippen molar-refractivity contribution in [1.29, 1.82) is 0 Å². The molecule has 0 atom stereocenters. The molecule has 1 nitrogen and oxygen atoms in total. The second-order valence-corrected chi connectivity index (χ2v) is 4.38. The molecule has 2 aromatic rings. The molecule has 0 saturated heterocycles. The SMILES string of the molecule is Fc1cccc(OC(F)F)c1-c1cccc(Cl)c1Cl. The van der Waals surface area contributed by atoms with Crippen LogP contribution >= 0.6 is 23.2 Å². The lowest BCUT2D eigenvalue weighted by Gasteiger charge is -2.13. The van der Waals surface area contributed by atoms with Crippen molar-refractivity contribution in [3.8, 4) is 16.9 Å². The Bertz CT molecular complexity index is 602. The quantitative estimate of drug-likeness (QED) is 0.737. The predicted molar refractivity (Wildman–Crippen MR) is 68.5 cm³/mol. The van der Waals surface area contributed by atoms with Crippen molar-refractivity contribution >= 4 is 23.2 Å². The number of rotatable bonds is 3. The van der Waals surface area contributed by atoms with Crippen LogP contribution in [0.15, 0.2) is 36.4 Å². The van der Waals surface area contributed by atoms with Gasteiger partial charge in [-0.2, -0.15) is 8.78 Å². The van der Waals surface area contributed by atoms with E-state index in [1.807, 2.05) is 0 Å². The molecule has 0 unspecified atom stereocenters. The Morgan fingerprint density at radius 1 is 1.00 bits per heavy atom. The minimum atomic E-state index is -3.06. The number of hydrogen-bond acceptors (Lipinski definition) is 1. The Kier molecular flexibility index (Phi) is 4.22. The molecule has 6 heteroatoms. The third kappa shape index (κ3) is 2.96. The molecular weight excluding hydrogens is 300 g/mol. The predicted octanol–water partition coefficient (Wildman–Crippen LogP) is 5.40. The Hall–Kier alpha value is -1.39. The van der Waals surface area contributed by atoms with Gasteiger partial charge in [0.25, 0.3) is 0 Å². The highest BCUT2D eigenvalue weighted by atomic mass is 35.5. The first-order valence-electron chi connectivity index (χ1n) is 5.18. The molecule has 0 heterocycles. The highest BCUT2D eigenvalue weighted by molar-refractivity contribution is 6.43. The van der Waals surface area contributed by atoms with Crippen LogP contribution in [0.5, 0.6) is 5.75 Å². The van der Waals surface area contributed by atoms with Gasteiger partial charge in [0, 0.05) is 5.56 Å². The van der Waals surface area contributed by atoms with Crippen LogP contribution in [0.4, 0.5) is 13.2 Å². The number of hydrogen-bond donors (Lipinski definition) is 0. The van der Waals surface area contributed by atoms with Crippen LogP contribution in [-0.4, -0.2) is 6.61 Å². The van der Waals surface area contributed by atoms with Gasteiger partial charge < -0.3 is 4.74 Å². The topological polar surface area (TPSA) is 9.23 Å². The molecule has 100 valence electrons. The van der Waals surface area contributed by atoms with Crippen molar-refractivity contribution in [3.05, 3.63) is 52.3 Å². The molecule has 0 aromatic heterocycles. The summed E-state index contributed by atoms with van der Waals surface area (Å²) in [6.45, 7) is -3.06. The standard InChI is InChI=1S/C13H7Cl2F3O/c14-8-4-1-3-7(12(8)15)11-9(16)5-2-6-10(11)19-13(17)18/h1-6,13H. The van der Waals surface area contributed by atoms with E-state index in [-0.39, 0.29) is 26.9 Å². The maximum Gasteiger partial charge on any atom is 0.387 e. The van der Waals surface area contributed by atoms with Crippen LogP contribution in [0.25, 0.3) is 11.1 Å². The van der Waals surface area contributed by atoms with E-state index in [2.05, 4.69) is 4.74 Å². The third-order valence-electron chi connectivity index (χ3n) is 2.41. The summed E-state index contributed by atoms with van der Waals surface area (Å²) in [6, 6.07) is 8.18. The van der Waals surface area contributed by atoms with Crippen molar-refractivity contribution in [2.24, 2.45) is 0 Å². The van der Waals surface area contributed by atoms with Crippen molar-refractivity contribution in [2.75, 3.05) is 0 Å². The lowest BCUT2D eigenvalue weighted by Crippen LogP contribution is -2.04. The van der Waals surface area contributed by atoms with Crippen molar-refractivity contribution in [1.82, 2.24) is 0 Å². The van der Waals surface area contributed by atoms with Gasteiger partial charge in [-0.25, -0.2) is 4.39 Å². The van der Waals surface area contributed by atoms with Gasteiger partial charge in [0.05, 0.1) is 15.6 Å². The summed E-state index contributed by atoms with van der Waals surface area (Å²) < 4.78 is 42.8. The van der Waals surface area contributed by atoms with E-state index >= 15 is 0 Å². The second kappa shape index (κ2) is 5.72. The lowest BCUT2D eigenvalue weighted by molar-refractivity contribution is -0.0495. The van der Waals surface area contributed by atoms with Crippen LogP contribution in [0, 0.1) is 5.82 Å². The fourth-order valence-corrected chi connectivity index (χ4v) is 2.05. The van der Waals surface area contributed by atoms with E-state index in [1.54, 1.807) is 6.07 Å². The molecule has 0 fully saturated rings. The zero-order chi connectivity index (χ0) is 14.0.